The van der Waals surface area contributed by atoms with Crippen molar-refractivity contribution in [2.75, 3.05) is 10.0 Å². The quantitative estimate of drug-likeness (QED) is 0.600. The lowest BCUT2D eigenvalue weighted by Gasteiger charge is -2.10. The minimum absolute atomic E-state index is 0.114. The van der Waals surface area contributed by atoms with E-state index in [1.54, 1.807) is 13.0 Å². The van der Waals surface area contributed by atoms with Crippen LogP contribution < -0.4 is 10.0 Å². The average Bonchev–Trinajstić information content (AvgIpc) is 3.07. The third-order valence-electron chi connectivity index (χ3n) is 4.12. The van der Waals surface area contributed by atoms with E-state index in [-0.39, 0.29) is 22.6 Å². The van der Waals surface area contributed by atoms with Crippen LogP contribution in [0.2, 0.25) is 0 Å². The Labute approximate surface area is 173 Å². The van der Waals surface area contributed by atoms with Gasteiger partial charge in [0.25, 0.3) is 15.9 Å². The van der Waals surface area contributed by atoms with Gasteiger partial charge in [0.1, 0.15) is 11.6 Å². The Kier molecular flexibility index (Phi) is 6.13. The van der Waals surface area contributed by atoms with E-state index in [0.717, 1.165) is 6.07 Å². The molecule has 0 aliphatic carbocycles. The normalized spacial score (nSPS) is 11.0. The minimum Gasteiger partial charge on any atom is -0.307 e. The summed E-state index contributed by atoms with van der Waals surface area (Å²) in [6.45, 7) is 2.10. The summed E-state index contributed by atoms with van der Waals surface area (Å²) >= 11 is 0. The summed E-state index contributed by atoms with van der Waals surface area (Å²) in [6, 6.07) is 14.3. The SMILES string of the molecule is Cc1cc(NC(=O)c2ccc(S(=O)(=O)Nc3ccccc3F)cc2)n(CCC#N)n1. The van der Waals surface area contributed by atoms with Gasteiger partial charge in [-0.05, 0) is 43.3 Å². The van der Waals surface area contributed by atoms with Gasteiger partial charge < -0.3 is 5.32 Å². The lowest BCUT2D eigenvalue weighted by molar-refractivity contribution is 0.102. The third kappa shape index (κ3) is 4.82. The first-order valence-corrected chi connectivity index (χ1v) is 10.4. The Balaban J connectivity index is 1.75. The molecule has 1 heterocycles. The molecule has 0 radical (unpaired) electrons. The summed E-state index contributed by atoms with van der Waals surface area (Å²) in [4.78, 5) is 12.4. The predicted octanol–water partition coefficient (Wildman–Crippen LogP) is 3.30. The molecule has 30 heavy (non-hydrogen) atoms. The van der Waals surface area contributed by atoms with E-state index in [4.69, 9.17) is 5.26 Å². The van der Waals surface area contributed by atoms with Gasteiger partial charge in [0.2, 0.25) is 0 Å². The zero-order valence-corrected chi connectivity index (χ0v) is 16.8. The number of aromatic nitrogens is 2. The number of aryl methyl sites for hydroxylation is 2. The fourth-order valence-electron chi connectivity index (χ4n) is 2.69. The number of nitrogens with one attached hydrogen (secondary N) is 2. The van der Waals surface area contributed by atoms with Crippen LogP contribution in [0.4, 0.5) is 15.9 Å². The number of sulfonamides is 1. The number of amides is 1. The molecule has 0 bridgehead atoms. The highest BCUT2D eigenvalue weighted by Gasteiger charge is 2.17. The molecule has 10 heteroatoms. The second-order valence-corrected chi connectivity index (χ2v) is 8.05. The number of carbonyl (C=O) groups excluding carboxylic acids is 1. The van der Waals surface area contributed by atoms with Gasteiger partial charge in [0.05, 0.1) is 35.3 Å². The van der Waals surface area contributed by atoms with Crippen LogP contribution in [0.5, 0.6) is 0 Å². The molecule has 8 nitrogen and oxygen atoms in total. The molecule has 2 N–H and O–H groups in total. The molecule has 2 aromatic carbocycles. The molecule has 0 saturated carbocycles. The van der Waals surface area contributed by atoms with E-state index in [1.807, 2.05) is 6.07 Å². The highest BCUT2D eigenvalue weighted by molar-refractivity contribution is 7.92. The van der Waals surface area contributed by atoms with Crippen molar-refractivity contribution < 1.29 is 17.6 Å². The standard InChI is InChI=1S/C20H18FN5O3S/c1-14-13-19(26(24-14)12-4-11-22)23-20(27)15-7-9-16(10-8-15)30(28,29)25-18-6-3-2-5-17(18)21/h2-3,5-10,13,25H,4,12H2,1H3,(H,23,27). The Morgan fingerprint density at radius 1 is 1.20 bits per heavy atom. The Bertz CT molecular complexity index is 1210. The van der Waals surface area contributed by atoms with Crippen LogP contribution in [0.15, 0.2) is 59.5 Å². The molecule has 0 aliphatic rings. The van der Waals surface area contributed by atoms with Gasteiger partial charge in [-0.3, -0.25) is 9.52 Å². The van der Waals surface area contributed by atoms with Crippen LogP contribution in [0.1, 0.15) is 22.5 Å². The number of carbonyl (C=O) groups is 1. The summed E-state index contributed by atoms with van der Waals surface area (Å²) in [6.07, 6.45) is 0.242. The van der Waals surface area contributed by atoms with Crippen molar-refractivity contribution >= 4 is 27.4 Å². The second kappa shape index (κ2) is 8.75. The first-order valence-electron chi connectivity index (χ1n) is 8.90. The average molecular weight is 427 g/mol. The van der Waals surface area contributed by atoms with Crippen LogP contribution >= 0.6 is 0 Å². The van der Waals surface area contributed by atoms with Crippen LogP contribution in [0.3, 0.4) is 0 Å². The maximum Gasteiger partial charge on any atom is 0.261 e. The lowest BCUT2D eigenvalue weighted by Crippen LogP contribution is -2.17. The molecular formula is C20H18FN5O3S. The smallest absolute Gasteiger partial charge is 0.261 e. The van der Waals surface area contributed by atoms with Crippen molar-refractivity contribution in [3.8, 4) is 6.07 Å². The van der Waals surface area contributed by atoms with E-state index in [0.29, 0.717) is 18.1 Å². The lowest BCUT2D eigenvalue weighted by atomic mass is 10.2. The summed E-state index contributed by atoms with van der Waals surface area (Å²) in [7, 11) is -4.02. The van der Waals surface area contributed by atoms with Gasteiger partial charge in [0, 0.05) is 11.6 Å². The molecule has 3 rings (SSSR count). The van der Waals surface area contributed by atoms with Gasteiger partial charge >= 0.3 is 0 Å². The fraction of sp³-hybridized carbons (Fsp3) is 0.150. The Hall–Kier alpha value is -3.71. The van der Waals surface area contributed by atoms with Crippen molar-refractivity contribution in [3.63, 3.8) is 0 Å². The highest BCUT2D eigenvalue weighted by Crippen LogP contribution is 2.20. The molecule has 0 atom stereocenters. The number of nitriles is 1. The summed E-state index contributed by atoms with van der Waals surface area (Å²) in [5.41, 5.74) is 0.745. The van der Waals surface area contributed by atoms with Crippen molar-refractivity contribution in [1.82, 2.24) is 9.78 Å². The van der Waals surface area contributed by atoms with Gasteiger partial charge in [-0.15, -0.1) is 0 Å². The Morgan fingerprint density at radius 3 is 2.57 bits per heavy atom. The topological polar surface area (TPSA) is 117 Å². The van der Waals surface area contributed by atoms with E-state index in [9.17, 15) is 17.6 Å². The zero-order chi connectivity index (χ0) is 21.7. The molecule has 154 valence electrons. The number of rotatable bonds is 7. The molecule has 3 aromatic rings. The van der Waals surface area contributed by atoms with Crippen LogP contribution in [-0.4, -0.2) is 24.1 Å². The molecule has 1 aromatic heterocycles. The van der Waals surface area contributed by atoms with E-state index in [2.05, 4.69) is 15.1 Å². The first kappa shape index (κ1) is 21.0. The number of para-hydroxylation sites is 1. The van der Waals surface area contributed by atoms with Gasteiger partial charge in [-0.2, -0.15) is 10.4 Å². The zero-order valence-electron chi connectivity index (χ0n) is 16.0. The summed E-state index contributed by atoms with van der Waals surface area (Å²) in [5.74, 6) is -0.717. The molecule has 1 amide bonds. The largest absolute Gasteiger partial charge is 0.307 e. The van der Waals surface area contributed by atoms with E-state index in [1.165, 1.54) is 47.1 Å². The molecule has 0 saturated heterocycles. The monoisotopic (exact) mass is 427 g/mol. The van der Waals surface area contributed by atoms with Gasteiger partial charge in [0.15, 0.2) is 0 Å². The minimum atomic E-state index is -4.02. The van der Waals surface area contributed by atoms with Gasteiger partial charge in [-0.1, -0.05) is 12.1 Å². The van der Waals surface area contributed by atoms with Crippen molar-refractivity contribution in [2.45, 2.75) is 24.8 Å². The van der Waals surface area contributed by atoms with Crippen molar-refractivity contribution in [1.29, 1.82) is 5.26 Å². The summed E-state index contributed by atoms with van der Waals surface area (Å²) in [5, 5.41) is 15.7. The van der Waals surface area contributed by atoms with Crippen molar-refractivity contribution in [2.24, 2.45) is 0 Å². The third-order valence-corrected chi connectivity index (χ3v) is 5.51. The van der Waals surface area contributed by atoms with E-state index < -0.39 is 21.7 Å². The fourth-order valence-corrected chi connectivity index (χ4v) is 3.76. The molecule has 0 spiro atoms. The maximum absolute atomic E-state index is 13.7. The van der Waals surface area contributed by atoms with Crippen molar-refractivity contribution in [3.05, 3.63) is 71.7 Å². The van der Waals surface area contributed by atoms with Gasteiger partial charge in [-0.25, -0.2) is 17.5 Å². The van der Waals surface area contributed by atoms with E-state index >= 15 is 0 Å². The highest BCUT2D eigenvalue weighted by atomic mass is 32.2. The number of benzene rings is 2. The van der Waals surface area contributed by atoms with Crippen LogP contribution in [-0.2, 0) is 16.6 Å². The number of anilines is 2. The molecule has 0 unspecified atom stereocenters. The maximum atomic E-state index is 13.7. The number of nitrogens with zero attached hydrogens (tertiary/aromatic N) is 3. The number of halogens is 1. The first-order chi connectivity index (χ1) is 14.3. The molecule has 0 aliphatic heterocycles. The van der Waals surface area contributed by atoms with Crippen LogP contribution in [0.25, 0.3) is 0 Å². The Morgan fingerprint density at radius 2 is 1.90 bits per heavy atom. The number of hydrogen-bond acceptors (Lipinski definition) is 5. The summed E-state index contributed by atoms with van der Waals surface area (Å²) < 4.78 is 42.3. The van der Waals surface area contributed by atoms with Crippen LogP contribution in [0, 0.1) is 24.1 Å². The second-order valence-electron chi connectivity index (χ2n) is 6.37. The number of hydrogen-bond donors (Lipinski definition) is 2. The molecular weight excluding hydrogens is 409 g/mol. The predicted molar refractivity (Wildman–Crippen MR) is 109 cm³/mol. The molecule has 0 fully saturated rings.